The van der Waals surface area contributed by atoms with Gasteiger partial charge in [-0.3, -0.25) is 4.79 Å². The van der Waals surface area contributed by atoms with E-state index >= 15 is 0 Å². The van der Waals surface area contributed by atoms with E-state index in [0.717, 1.165) is 22.4 Å². The smallest absolute Gasteiger partial charge is 0.253 e. The maximum Gasteiger partial charge on any atom is 0.253 e. The van der Waals surface area contributed by atoms with Crippen molar-refractivity contribution >= 4 is 23.2 Å². The van der Waals surface area contributed by atoms with Gasteiger partial charge in [0.1, 0.15) is 5.82 Å². The molecule has 2 aromatic heterocycles. The molecule has 2 heterocycles. The van der Waals surface area contributed by atoms with Crippen molar-refractivity contribution in [2.45, 2.75) is 6.92 Å². The van der Waals surface area contributed by atoms with Crippen LogP contribution in [0.3, 0.4) is 0 Å². The van der Waals surface area contributed by atoms with E-state index in [9.17, 15) is 9.18 Å². The summed E-state index contributed by atoms with van der Waals surface area (Å²) in [6, 6.07) is 15.5. The predicted molar refractivity (Wildman–Crippen MR) is 111 cm³/mol. The van der Waals surface area contributed by atoms with Crippen LogP contribution in [0.25, 0.3) is 16.8 Å². The second-order valence-electron chi connectivity index (χ2n) is 7.05. The number of hydrogen-bond acceptors (Lipinski definition) is 4. The zero-order valence-corrected chi connectivity index (χ0v) is 16.3. The first kappa shape index (κ1) is 18.6. The Balaban J connectivity index is 1.68. The first-order valence-electron chi connectivity index (χ1n) is 9.12. The van der Waals surface area contributed by atoms with Crippen LogP contribution >= 0.6 is 0 Å². The number of aromatic nitrogens is 3. The summed E-state index contributed by atoms with van der Waals surface area (Å²) in [5.41, 5.74) is 4.52. The summed E-state index contributed by atoms with van der Waals surface area (Å²) in [5, 5.41) is 7.64. The average molecular weight is 389 g/mol. The van der Waals surface area contributed by atoms with Gasteiger partial charge in [-0.25, -0.2) is 8.91 Å². The Morgan fingerprint density at radius 1 is 1.10 bits per heavy atom. The fourth-order valence-corrected chi connectivity index (χ4v) is 3.12. The monoisotopic (exact) mass is 389 g/mol. The summed E-state index contributed by atoms with van der Waals surface area (Å²) in [4.78, 5) is 18.1. The van der Waals surface area contributed by atoms with E-state index in [4.69, 9.17) is 0 Å². The highest BCUT2D eigenvalue weighted by Gasteiger charge is 2.12. The molecule has 146 valence electrons. The number of rotatable bonds is 4. The molecule has 0 spiro atoms. The highest BCUT2D eigenvalue weighted by molar-refractivity contribution is 5.94. The van der Waals surface area contributed by atoms with Gasteiger partial charge in [0.15, 0.2) is 5.65 Å². The molecule has 29 heavy (non-hydrogen) atoms. The predicted octanol–water partition coefficient (Wildman–Crippen LogP) is 4.29. The molecule has 4 aromatic rings. The maximum atomic E-state index is 13.7. The molecule has 0 atom stereocenters. The fraction of sp³-hybridized carbons (Fsp3) is 0.136. The molecule has 0 fully saturated rings. The number of anilines is 2. The lowest BCUT2D eigenvalue weighted by Crippen LogP contribution is -2.21. The number of halogens is 1. The van der Waals surface area contributed by atoms with Gasteiger partial charge in [0.05, 0.1) is 0 Å². The summed E-state index contributed by atoms with van der Waals surface area (Å²) in [5.74, 6) is 0.0601. The molecule has 1 amide bonds. The molecule has 2 aromatic carbocycles. The Morgan fingerprint density at radius 3 is 2.55 bits per heavy atom. The Kier molecular flexibility index (Phi) is 4.72. The summed E-state index contributed by atoms with van der Waals surface area (Å²) in [6.07, 6.45) is 1.87. The van der Waals surface area contributed by atoms with Crippen LogP contribution in [0.2, 0.25) is 0 Å². The molecule has 0 aliphatic heterocycles. The Bertz CT molecular complexity index is 1200. The number of carbonyl (C=O) groups excluding carboxylic acids is 1. The van der Waals surface area contributed by atoms with Crippen LogP contribution in [0.15, 0.2) is 60.8 Å². The van der Waals surface area contributed by atoms with Crippen LogP contribution in [-0.4, -0.2) is 39.5 Å². The number of amides is 1. The minimum atomic E-state index is -0.299. The summed E-state index contributed by atoms with van der Waals surface area (Å²) in [7, 11) is 3.43. The van der Waals surface area contributed by atoms with Crippen molar-refractivity contribution in [3.63, 3.8) is 0 Å². The zero-order chi connectivity index (χ0) is 20.5. The van der Waals surface area contributed by atoms with Gasteiger partial charge in [-0.2, -0.15) is 4.98 Å². The van der Waals surface area contributed by atoms with E-state index in [-0.39, 0.29) is 11.7 Å². The molecule has 0 saturated heterocycles. The molecule has 1 N–H and O–H groups in total. The first-order chi connectivity index (χ1) is 13.9. The summed E-state index contributed by atoms with van der Waals surface area (Å²) >= 11 is 0. The largest absolute Gasteiger partial charge is 0.345 e. The highest BCUT2D eigenvalue weighted by Crippen LogP contribution is 2.27. The second-order valence-corrected chi connectivity index (χ2v) is 7.05. The van der Waals surface area contributed by atoms with Crippen LogP contribution in [-0.2, 0) is 0 Å². The van der Waals surface area contributed by atoms with Crippen LogP contribution in [0.5, 0.6) is 0 Å². The fourth-order valence-electron chi connectivity index (χ4n) is 3.12. The molecule has 0 unspecified atom stereocenters. The van der Waals surface area contributed by atoms with Crippen molar-refractivity contribution in [3.05, 3.63) is 77.7 Å². The van der Waals surface area contributed by atoms with E-state index in [1.54, 1.807) is 48.9 Å². The third-order valence-corrected chi connectivity index (χ3v) is 4.50. The Morgan fingerprint density at radius 2 is 1.86 bits per heavy atom. The number of benzene rings is 2. The number of nitrogens with one attached hydrogen (secondary N) is 1. The van der Waals surface area contributed by atoms with Gasteiger partial charge in [-0.1, -0.05) is 12.1 Å². The Hall–Kier alpha value is -3.74. The molecule has 6 nitrogen and oxygen atoms in total. The topological polar surface area (TPSA) is 62.5 Å². The van der Waals surface area contributed by atoms with Gasteiger partial charge in [0.25, 0.3) is 5.91 Å². The van der Waals surface area contributed by atoms with Crippen molar-refractivity contribution in [1.82, 2.24) is 19.5 Å². The quantitative estimate of drug-likeness (QED) is 0.566. The van der Waals surface area contributed by atoms with Crippen LogP contribution in [0, 0.1) is 12.7 Å². The third kappa shape index (κ3) is 3.80. The van der Waals surface area contributed by atoms with E-state index in [1.807, 2.05) is 25.3 Å². The number of fused-ring (bicyclic) bond motifs is 1. The summed E-state index contributed by atoms with van der Waals surface area (Å²) in [6.45, 7) is 1.96. The first-order valence-corrected chi connectivity index (χ1v) is 9.12. The highest BCUT2D eigenvalue weighted by atomic mass is 19.1. The van der Waals surface area contributed by atoms with Crippen LogP contribution in [0.4, 0.5) is 16.0 Å². The molecular weight excluding hydrogens is 369 g/mol. The van der Waals surface area contributed by atoms with Gasteiger partial charge >= 0.3 is 0 Å². The zero-order valence-electron chi connectivity index (χ0n) is 16.3. The SMILES string of the molecule is Cc1cc(-c2cccc(F)c2)c2nc(Nc3ccc(C(=O)N(C)C)cc3)nn2c1. The number of pyridine rings is 1. The normalized spacial score (nSPS) is 10.9. The number of hydrogen-bond donors (Lipinski definition) is 1. The van der Waals surface area contributed by atoms with Crippen LogP contribution in [0.1, 0.15) is 15.9 Å². The average Bonchev–Trinajstić information content (AvgIpc) is 3.09. The number of nitrogens with zero attached hydrogens (tertiary/aromatic N) is 4. The summed E-state index contributed by atoms with van der Waals surface area (Å²) < 4.78 is 15.4. The lowest BCUT2D eigenvalue weighted by Gasteiger charge is -2.10. The van der Waals surface area contributed by atoms with Gasteiger partial charge in [-0.15, -0.1) is 5.10 Å². The van der Waals surface area contributed by atoms with E-state index in [0.29, 0.717) is 17.2 Å². The molecule has 0 radical (unpaired) electrons. The molecule has 0 bridgehead atoms. The lowest BCUT2D eigenvalue weighted by molar-refractivity contribution is 0.0827. The van der Waals surface area contributed by atoms with E-state index in [2.05, 4.69) is 15.4 Å². The minimum absolute atomic E-state index is 0.0578. The van der Waals surface area contributed by atoms with Gasteiger partial charge in [0.2, 0.25) is 5.95 Å². The molecule has 0 saturated carbocycles. The van der Waals surface area contributed by atoms with Gasteiger partial charge in [0, 0.05) is 37.1 Å². The van der Waals surface area contributed by atoms with Crippen molar-refractivity contribution in [2.24, 2.45) is 0 Å². The number of aryl methyl sites for hydroxylation is 1. The number of carbonyl (C=O) groups is 1. The maximum absolute atomic E-state index is 13.7. The third-order valence-electron chi connectivity index (χ3n) is 4.50. The van der Waals surface area contributed by atoms with Crippen LogP contribution < -0.4 is 5.32 Å². The standard InChI is InChI=1S/C22H20FN5O/c1-14-11-19(16-5-4-6-17(23)12-16)20-25-22(26-28(20)13-14)24-18-9-7-15(8-10-18)21(29)27(2)3/h4-13H,1-3H3,(H,24,26). The lowest BCUT2D eigenvalue weighted by atomic mass is 10.1. The van der Waals surface area contributed by atoms with Crippen molar-refractivity contribution in [1.29, 1.82) is 0 Å². The van der Waals surface area contributed by atoms with E-state index in [1.165, 1.54) is 17.0 Å². The minimum Gasteiger partial charge on any atom is -0.345 e. The molecule has 0 aliphatic rings. The van der Waals surface area contributed by atoms with Crippen molar-refractivity contribution in [2.75, 3.05) is 19.4 Å². The second kappa shape index (κ2) is 7.35. The molecule has 7 heteroatoms. The van der Waals surface area contributed by atoms with Gasteiger partial charge in [-0.05, 0) is 60.5 Å². The van der Waals surface area contributed by atoms with Crippen molar-refractivity contribution in [3.8, 4) is 11.1 Å². The van der Waals surface area contributed by atoms with Gasteiger partial charge < -0.3 is 10.2 Å². The van der Waals surface area contributed by atoms with E-state index < -0.39 is 0 Å². The molecular formula is C22H20FN5O. The Labute approximate surface area is 167 Å². The van der Waals surface area contributed by atoms with Crippen molar-refractivity contribution < 1.29 is 9.18 Å². The molecule has 0 aliphatic carbocycles. The molecule has 4 rings (SSSR count).